The van der Waals surface area contributed by atoms with Crippen LogP contribution in [-0.2, 0) is 0 Å². The molecule has 0 saturated heterocycles. The fourth-order valence-corrected chi connectivity index (χ4v) is 1.61. The lowest BCUT2D eigenvalue weighted by Gasteiger charge is -2.09. The zero-order chi connectivity index (χ0) is 14.4. The number of aromatic nitrogens is 1. The van der Waals surface area contributed by atoms with Gasteiger partial charge in [0, 0.05) is 6.07 Å². The van der Waals surface area contributed by atoms with Gasteiger partial charge >= 0.3 is 0 Å². The lowest BCUT2D eigenvalue weighted by Crippen LogP contribution is -2.05. The molecule has 0 fully saturated rings. The summed E-state index contributed by atoms with van der Waals surface area (Å²) >= 11 is 0. The second kappa shape index (κ2) is 6.69. The van der Waals surface area contributed by atoms with Crippen LogP contribution in [0, 0.1) is 34.3 Å². The quantitative estimate of drug-likeness (QED) is 0.447. The second-order valence-electron chi connectivity index (χ2n) is 4.70. The van der Waals surface area contributed by atoms with E-state index in [1.807, 2.05) is 6.07 Å². The van der Waals surface area contributed by atoms with Crippen molar-refractivity contribution in [1.29, 1.82) is 5.26 Å². The summed E-state index contributed by atoms with van der Waals surface area (Å²) in [5.74, 6) is 0.764. The van der Waals surface area contributed by atoms with Gasteiger partial charge in [-0.25, -0.2) is 4.98 Å². The van der Waals surface area contributed by atoms with Crippen molar-refractivity contribution < 1.29 is 9.66 Å². The Kier molecular flexibility index (Phi) is 5.24. The molecule has 1 aromatic heterocycles. The van der Waals surface area contributed by atoms with E-state index in [0.29, 0.717) is 12.5 Å². The normalized spacial score (nSPS) is 10.3. The van der Waals surface area contributed by atoms with Crippen molar-refractivity contribution in [3.8, 4) is 11.9 Å². The van der Waals surface area contributed by atoms with E-state index in [1.54, 1.807) is 0 Å². The highest BCUT2D eigenvalue weighted by Gasteiger charge is 2.17. The number of nitriles is 1. The molecule has 6 nitrogen and oxygen atoms in total. The Balaban J connectivity index is 2.81. The van der Waals surface area contributed by atoms with E-state index in [9.17, 15) is 10.1 Å². The first-order chi connectivity index (χ1) is 8.95. The smallest absolute Gasteiger partial charge is 0.292 e. The van der Waals surface area contributed by atoms with Gasteiger partial charge < -0.3 is 4.74 Å². The summed E-state index contributed by atoms with van der Waals surface area (Å²) in [4.78, 5) is 14.2. The van der Waals surface area contributed by atoms with E-state index in [2.05, 4.69) is 18.8 Å². The summed E-state index contributed by atoms with van der Waals surface area (Å²) in [5.41, 5.74) is 0.191. The van der Waals surface area contributed by atoms with Gasteiger partial charge in [0.1, 0.15) is 17.3 Å². The maximum absolute atomic E-state index is 10.8. The number of hydrogen-bond donors (Lipinski definition) is 0. The molecular weight excluding hydrogens is 246 g/mol. The minimum atomic E-state index is -0.550. The first kappa shape index (κ1) is 14.9. The third kappa shape index (κ3) is 4.21. The SMILES string of the molecule is Cc1nc(OCCCC(C)C)c(C#N)cc1[N+](=O)[O-]. The summed E-state index contributed by atoms with van der Waals surface area (Å²) in [6, 6.07) is 3.08. The highest BCUT2D eigenvalue weighted by molar-refractivity contribution is 5.48. The van der Waals surface area contributed by atoms with Gasteiger partial charge in [-0.1, -0.05) is 13.8 Å². The number of hydrogen-bond acceptors (Lipinski definition) is 5. The molecule has 0 aliphatic carbocycles. The minimum Gasteiger partial charge on any atom is -0.477 e. The Bertz CT molecular complexity index is 507. The Morgan fingerprint density at radius 2 is 2.26 bits per heavy atom. The number of rotatable bonds is 6. The van der Waals surface area contributed by atoms with Gasteiger partial charge in [0.25, 0.3) is 5.69 Å². The summed E-state index contributed by atoms with van der Waals surface area (Å²) in [7, 11) is 0. The standard InChI is InChI=1S/C13H17N3O3/c1-9(2)5-4-6-19-13-11(8-14)7-12(16(17)18)10(3)15-13/h7,9H,4-6H2,1-3H3. The van der Waals surface area contributed by atoms with Crippen LogP contribution in [0.25, 0.3) is 0 Å². The molecule has 0 aliphatic heterocycles. The maximum Gasteiger partial charge on any atom is 0.292 e. The van der Waals surface area contributed by atoms with Gasteiger partial charge in [0.15, 0.2) is 0 Å². The molecule has 0 aliphatic rings. The van der Waals surface area contributed by atoms with Gasteiger partial charge in [-0.2, -0.15) is 5.26 Å². The van der Waals surface area contributed by atoms with Crippen LogP contribution in [-0.4, -0.2) is 16.5 Å². The topological polar surface area (TPSA) is 89.0 Å². The molecule has 1 heterocycles. The van der Waals surface area contributed by atoms with Crippen molar-refractivity contribution >= 4 is 5.69 Å². The molecule has 1 aromatic rings. The fourth-order valence-electron chi connectivity index (χ4n) is 1.61. The van der Waals surface area contributed by atoms with E-state index in [4.69, 9.17) is 10.00 Å². The van der Waals surface area contributed by atoms with Crippen LogP contribution in [0.5, 0.6) is 5.88 Å². The van der Waals surface area contributed by atoms with Gasteiger partial charge in [-0.15, -0.1) is 0 Å². The average molecular weight is 263 g/mol. The van der Waals surface area contributed by atoms with Crippen LogP contribution in [0.4, 0.5) is 5.69 Å². The summed E-state index contributed by atoms with van der Waals surface area (Å²) < 4.78 is 5.44. The Morgan fingerprint density at radius 1 is 1.58 bits per heavy atom. The lowest BCUT2D eigenvalue weighted by molar-refractivity contribution is -0.385. The van der Waals surface area contributed by atoms with Gasteiger partial charge in [0.2, 0.25) is 5.88 Å². The first-order valence-corrected chi connectivity index (χ1v) is 6.14. The summed E-state index contributed by atoms with van der Waals surface area (Å²) in [6.07, 6.45) is 1.88. The largest absolute Gasteiger partial charge is 0.477 e. The molecule has 0 N–H and O–H groups in total. The van der Waals surface area contributed by atoms with Crippen LogP contribution >= 0.6 is 0 Å². The molecule has 102 valence electrons. The summed E-state index contributed by atoms with van der Waals surface area (Å²) in [6.45, 7) is 6.22. The van der Waals surface area contributed by atoms with E-state index in [1.165, 1.54) is 13.0 Å². The molecule has 6 heteroatoms. The molecule has 19 heavy (non-hydrogen) atoms. The predicted octanol–water partition coefficient (Wildman–Crippen LogP) is 2.98. The van der Waals surface area contributed by atoms with Gasteiger partial charge in [-0.3, -0.25) is 10.1 Å². The van der Waals surface area contributed by atoms with Crippen LogP contribution in [0.3, 0.4) is 0 Å². The van der Waals surface area contributed by atoms with E-state index < -0.39 is 4.92 Å². The van der Waals surface area contributed by atoms with Gasteiger partial charge in [0.05, 0.1) is 11.5 Å². The van der Waals surface area contributed by atoms with Gasteiger partial charge in [-0.05, 0) is 25.7 Å². The van der Waals surface area contributed by atoms with Crippen LogP contribution in [0.2, 0.25) is 0 Å². The number of nitro groups is 1. The Hall–Kier alpha value is -2.16. The van der Waals surface area contributed by atoms with Crippen LogP contribution < -0.4 is 4.74 Å². The average Bonchev–Trinajstić information content (AvgIpc) is 2.34. The Labute approximate surface area is 112 Å². The molecular formula is C13H17N3O3. The predicted molar refractivity (Wildman–Crippen MR) is 69.9 cm³/mol. The van der Waals surface area contributed by atoms with Crippen molar-refractivity contribution in [3.05, 3.63) is 27.4 Å². The molecule has 0 spiro atoms. The Morgan fingerprint density at radius 3 is 2.79 bits per heavy atom. The van der Waals surface area contributed by atoms with Crippen molar-refractivity contribution in [2.75, 3.05) is 6.61 Å². The zero-order valence-corrected chi connectivity index (χ0v) is 11.3. The molecule has 1 rings (SSSR count). The van der Waals surface area contributed by atoms with Crippen molar-refractivity contribution in [2.24, 2.45) is 5.92 Å². The molecule has 0 saturated carbocycles. The van der Waals surface area contributed by atoms with E-state index in [-0.39, 0.29) is 22.8 Å². The molecule has 0 radical (unpaired) electrons. The molecule has 0 atom stereocenters. The molecule has 0 unspecified atom stereocenters. The molecule has 0 amide bonds. The van der Waals surface area contributed by atoms with E-state index >= 15 is 0 Å². The number of ether oxygens (including phenoxy) is 1. The highest BCUT2D eigenvalue weighted by atomic mass is 16.6. The third-order valence-electron chi connectivity index (χ3n) is 2.63. The van der Waals surface area contributed by atoms with E-state index in [0.717, 1.165) is 12.8 Å². The summed E-state index contributed by atoms with van der Waals surface area (Å²) in [5, 5.41) is 19.7. The maximum atomic E-state index is 10.8. The molecule has 0 bridgehead atoms. The number of nitrogens with zero attached hydrogens (tertiary/aromatic N) is 3. The minimum absolute atomic E-state index is 0.0989. The van der Waals surface area contributed by atoms with Crippen molar-refractivity contribution in [3.63, 3.8) is 0 Å². The van der Waals surface area contributed by atoms with Crippen LogP contribution in [0.1, 0.15) is 37.9 Å². The fraction of sp³-hybridized carbons (Fsp3) is 0.538. The number of aryl methyl sites for hydroxylation is 1. The molecule has 0 aromatic carbocycles. The lowest BCUT2D eigenvalue weighted by atomic mass is 10.1. The monoisotopic (exact) mass is 263 g/mol. The number of pyridine rings is 1. The zero-order valence-electron chi connectivity index (χ0n) is 11.3. The first-order valence-electron chi connectivity index (χ1n) is 6.14. The van der Waals surface area contributed by atoms with Crippen LogP contribution in [0.15, 0.2) is 6.07 Å². The van der Waals surface area contributed by atoms with Crippen molar-refractivity contribution in [1.82, 2.24) is 4.98 Å². The third-order valence-corrected chi connectivity index (χ3v) is 2.63. The second-order valence-corrected chi connectivity index (χ2v) is 4.70. The van der Waals surface area contributed by atoms with Crippen molar-refractivity contribution in [2.45, 2.75) is 33.6 Å². The highest BCUT2D eigenvalue weighted by Crippen LogP contribution is 2.24.